The topological polar surface area (TPSA) is 95.5 Å². The minimum Gasteiger partial charge on any atom is -0.507 e. The van der Waals surface area contributed by atoms with Gasteiger partial charge in [-0.1, -0.05) is 30.3 Å². The standard InChI is InChI=1S/C25H19N3O4/c1-32-16-8-6-7-15(13-16)28-22(20-11-4-5-12-26-20)21(24(30)25(28)31)23(29)18-14-27-19-10-3-2-9-17(18)19/h2-14,22,27,29H,1H3/b23-21-. The Balaban J connectivity index is 1.75. The minimum absolute atomic E-state index is 0.0127. The lowest BCUT2D eigenvalue weighted by Crippen LogP contribution is -2.29. The molecule has 2 N–H and O–H groups in total. The third-order valence-corrected chi connectivity index (χ3v) is 5.59. The SMILES string of the molecule is COc1cccc(N2C(=O)C(=O)/C(=C(\O)c3c[nH]c4ccccc34)C2c2ccccn2)c1. The predicted molar refractivity (Wildman–Crippen MR) is 120 cm³/mol. The highest BCUT2D eigenvalue weighted by atomic mass is 16.5. The Morgan fingerprint density at radius 1 is 1.06 bits per heavy atom. The maximum atomic E-state index is 13.2. The van der Waals surface area contributed by atoms with E-state index < -0.39 is 17.7 Å². The summed E-state index contributed by atoms with van der Waals surface area (Å²) < 4.78 is 5.29. The van der Waals surface area contributed by atoms with E-state index in [1.807, 2.05) is 24.3 Å². The van der Waals surface area contributed by atoms with Gasteiger partial charge in [0.1, 0.15) is 17.6 Å². The summed E-state index contributed by atoms with van der Waals surface area (Å²) in [7, 11) is 1.53. The zero-order chi connectivity index (χ0) is 22.2. The normalized spacial score (nSPS) is 17.8. The number of nitrogens with one attached hydrogen (secondary N) is 1. The number of aromatic amines is 1. The summed E-state index contributed by atoms with van der Waals surface area (Å²) in [6, 6.07) is 18.7. The number of Topliss-reactive ketones (excluding diaryl/α,β-unsaturated/α-hetero) is 1. The fourth-order valence-electron chi connectivity index (χ4n) is 4.09. The molecule has 1 unspecified atom stereocenters. The number of rotatable bonds is 4. The number of hydrogen-bond donors (Lipinski definition) is 2. The molecule has 7 heteroatoms. The summed E-state index contributed by atoms with van der Waals surface area (Å²) in [5.74, 6) is -1.22. The van der Waals surface area contributed by atoms with Gasteiger partial charge in [-0.25, -0.2) is 0 Å². The van der Waals surface area contributed by atoms with Gasteiger partial charge in [0.2, 0.25) is 0 Å². The van der Waals surface area contributed by atoms with E-state index in [0.717, 1.165) is 10.9 Å². The van der Waals surface area contributed by atoms with Gasteiger partial charge in [-0.15, -0.1) is 0 Å². The number of carbonyl (C=O) groups excluding carboxylic acids is 2. The quantitative estimate of drug-likeness (QED) is 0.290. The molecule has 1 aliphatic rings. The van der Waals surface area contributed by atoms with Crippen molar-refractivity contribution >= 4 is 34.0 Å². The van der Waals surface area contributed by atoms with Crippen molar-refractivity contribution in [1.29, 1.82) is 0 Å². The molecule has 1 amide bonds. The number of carbonyl (C=O) groups is 2. The summed E-state index contributed by atoms with van der Waals surface area (Å²) in [6.07, 6.45) is 3.22. The fourth-order valence-corrected chi connectivity index (χ4v) is 4.09. The Kier molecular flexibility index (Phi) is 4.71. The molecule has 2 aromatic carbocycles. The van der Waals surface area contributed by atoms with Crippen LogP contribution in [0, 0.1) is 0 Å². The van der Waals surface area contributed by atoms with E-state index >= 15 is 0 Å². The van der Waals surface area contributed by atoms with E-state index in [9.17, 15) is 14.7 Å². The Bertz CT molecular complexity index is 1370. The van der Waals surface area contributed by atoms with Crippen LogP contribution in [0.3, 0.4) is 0 Å². The number of aliphatic hydroxyl groups excluding tert-OH is 1. The zero-order valence-electron chi connectivity index (χ0n) is 17.1. The largest absolute Gasteiger partial charge is 0.507 e. The van der Waals surface area contributed by atoms with E-state index in [-0.39, 0.29) is 11.3 Å². The lowest BCUT2D eigenvalue weighted by Gasteiger charge is -2.24. The number of para-hydroxylation sites is 1. The first-order valence-electron chi connectivity index (χ1n) is 10.0. The van der Waals surface area contributed by atoms with Gasteiger partial charge in [0.25, 0.3) is 11.7 Å². The monoisotopic (exact) mass is 425 g/mol. The molecule has 1 fully saturated rings. The van der Waals surface area contributed by atoms with Crippen molar-refractivity contribution in [1.82, 2.24) is 9.97 Å². The summed E-state index contributed by atoms with van der Waals surface area (Å²) in [5.41, 5.74) is 2.19. The van der Waals surface area contributed by atoms with Gasteiger partial charge >= 0.3 is 0 Å². The Hall–Kier alpha value is -4.39. The molecule has 158 valence electrons. The van der Waals surface area contributed by atoms with Crippen molar-refractivity contribution in [2.45, 2.75) is 6.04 Å². The summed E-state index contributed by atoms with van der Waals surface area (Å²) in [6.45, 7) is 0. The number of H-pyrrole nitrogens is 1. The van der Waals surface area contributed by atoms with Crippen LogP contribution >= 0.6 is 0 Å². The number of nitrogens with zero attached hydrogens (tertiary/aromatic N) is 2. The molecule has 0 aliphatic carbocycles. The maximum Gasteiger partial charge on any atom is 0.300 e. The average Bonchev–Trinajstić information content (AvgIpc) is 3.38. The Morgan fingerprint density at radius 2 is 1.88 bits per heavy atom. The third-order valence-electron chi connectivity index (χ3n) is 5.59. The van der Waals surface area contributed by atoms with E-state index in [2.05, 4.69) is 9.97 Å². The number of methoxy groups -OCH3 is 1. The molecule has 3 heterocycles. The highest BCUT2D eigenvalue weighted by Crippen LogP contribution is 2.42. The van der Waals surface area contributed by atoms with Gasteiger partial charge in [0.05, 0.1) is 18.4 Å². The minimum atomic E-state index is -0.892. The van der Waals surface area contributed by atoms with Crippen LogP contribution in [0.25, 0.3) is 16.7 Å². The molecular formula is C25H19N3O4. The van der Waals surface area contributed by atoms with Gasteiger partial charge in [0, 0.05) is 40.6 Å². The highest BCUT2D eigenvalue weighted by Gasteiger charge is 2.47. The van der Waals surface area contributed by atoms with Crippen LogP contribution in [-0.4, -0.2) is 33.9 Å². The molecular weight excluding hydrogens is 406 g/mol. The molecule has 7 nitrogen and oxygen atoms in total. The number of amides is 1. The molecule has 1 aliphatic heterocycles. The van der Waals surface area contributed by atoms with E-state index in [4.69, 9.17) is 4.74 Å². The van der Waals surface area contributed by atoms with Gasteiger partial charge in [0.15, 0.2) is 0 Å². The van der Waals surface area contributed by atoms with Gasteiger partial charge in [-0.3, -0.25) is 19.5 Å². The Labute approximate surface area is 183 Å². The van der Waals surface area contributed by atoms with Crippen LogP contribution in [-0.2, 0) is 9.59 Å². The van der Waals surface area contributed by atoms with Crippen molar-refractivity contribution in [3.63, 3.8) is 0 Å². The van der Waals surface area contributed by atoms with Gasteiger partial charge < -0.3 is 14.8 Å². The Morgan fingerprint density at radius 3 is 2.66 bits per heavy atom. The number of fused-ring (bicyclic) bond motifs is 1. The summed E-state index contributed by atoms with van der Waals surface area (Å²) >= 11 is 0. The molecule has 5 rings (SSSR count). The first-order chi connectivity index (χ1) is 15.6. The highest BCUT2D eigenvalue weighted by molar-refractivity contribution is 6.51. The number of hydrogen-bond acceptors (Lipinski definition) is 5. The maximum absolute atomic E-state index is 13.2. The predicted octanol–water partition coefficient (Wildman–Crippen LogP) is 4.20. The number of ketones is 1. The first-order valence-corrected chi connectivity index (χ1v) is 10.0. The van der Waals surface area contributed by atoms with Crippen molar-refractivity contribution in [3.8, 4) is 5.75 Å². The van der Waals surface area contributed by atoms with Crippen molar-refractivity contribution in [3.05, 3.63) is 96.0 Å². The van der Waals surface area contributed by atoms with Crippen molar-refractivity contribution in [2.75, 3.05) is 12.0 Å². The second kappa shape index (κ2) is 7.70. The second-order valence-corrected chi connectivity index (χ2v) is 7.37. The van der Waals surface area contributed by atoms with E-state index in [1.54, 1.807) is 54.9 Å². The lowest BCUT2D eigenvalue weighted by molar-refractivity contribution is -0.132. The lowest BCUT2D eigenvalue weighted by atomic mass is 9.98. The molecule has 1 saturated heterocycles. The van der Waals surface area contributed by atoms with Gasteiger partial charge in [-0.05, 0) is 30.3 Å². The van der Waals surface area contributed by atoms with Crippen molar-refractivity contribution in [2.24, 2.45) is 0 Å². The summed E-state index contributed by atoms with van der Waals surface area (Å²) in [4.78, 5) is 35.3. The molecule has 0 bridgehead atoms. The van der Waals surface area contributed by atoms with E-state index in [0.29, 0.717) is 22.7 Å². The smallest absolute Gasteiger partial charge is 0.300 e. The molecule has 0 radical (unpaired) electrons. The molecule has 32 heavy (non-hydrogen) atoms. The van der Waals surface area contributed by atoms with Crippen LogP contribution in [0.1, 0.15) is 17.3 Å². The molecule has 1 atom stereocenters. The fraction of sp³-hybridized carbons (Fsp3) is 0.0800. The second-order valence-electron chi connectivity index (χ2n) is 7.37. The molecule has 0 spiro atoms. The first kappa shape index (κ1) is 19.6. The van der Waals surface area contributed by atoms with Crippen molar-refractivity contribution < 1.29 is 19.4 Å². The van der Waals surface area contributed by atoms with Crippen LogP contribution in [0.4, 0.5) is 5.69 Å². The van der Waals surface area contributed by atoms with E-state index in [1.165, 1.54) is 12.0 Å². The zero-order valence-corrected chi connectivity index (χ0v) is 17.1. The van der Waals surface area contributed by atoms with Gasteiger partial charge in [-0.2, -0.15) is 0 Å². The molecule has 2 aromatic heterocycles. The number of aliphatic hydroxyl groups is 1. The van der Waals surface area contributed by atoms with Crippen LogP contribution in [0.5, 0.6) is 5.75 Å². The van der Waals surface area contributed by atoms with Crippen LogP contribution in [0.2, 0.25) is 0 Å². The molecule has 0 saturated carbocycles. The van der Waals surface area contributed by atoms with Crippen LogP contribution in [0.15, 0.2) is 84.7 Å². The number of benzene rings is 2. The van der Waals surface area contributed by atoms with Crippen LogP contribution < -0.4 is 9.64 Å². The number of ether oxygens (including phenoxy) is 1. The third kappa shape index (κ3) is 3.02. The number of anilines is 1. The molecule has 4 aromatic rings. The number of aromatic nitrogens is 2. The summed E-state index contributed by atoms with van der Waals surface area (Å²) in [5, 5.41) is 12.0. The number of pyridine rings is 1. The average molecular weight is 425 g/mol.